The second-order valence-electron chi connectivity index (χ2n) is 6.99. The highest BCUT2D eigenvalue weighted by Crippen LogP contribution is 2.14. The number of aromatic nitrogens is 2. The minimum atomic E-state index is -0.285. The second kappa shape index (κ2) is 8.08. The van der Waals surface area contributed by atoms with Gasteiger partial charge in [-0.2, -0.15) is 0 Å². The number of nitrogens with one attached hydrogen (secondary N) is 1. The molecule has 2 atom stereocenters. The van der Waals surface area contributed by atoms with E-state index in [0.29, 0.717) is 11.4 Å². The van der Waals surface area contributed by atoms with Crippen LogP contribution >= 0.6 is 0 Å². The highest BCUT2D eigenvalue weighted by molar-refractivity contribution is 5.77. The molecule has 1 aromatic carbocycles. The Labute approximate surface area is 148 Å². The van der Waals surface area contributed by atoms with Crippen LogP contribution in [0.2, 0.25) is 0 Å². The van der Waals surface area contributed by atoms with Crippen LogP contribution in [-0.4, -0.2) is 69.7 Å². The third kappa shape index (κ3) is 4.45. The van der Waals surface area contributed by atoms with Crippen LogP contribution in [0.3, 0.4) is 0 Å². The van der Waals surface area contributed by atoms with Gasteiger partial charge in [-0.25, -0.2) is 4.98 Å². The maximum absolute atomic E-state index is 12.2. The molecule has 25 heavy (non-hydrogen) atoms. The van der Waals surface area contributed by atoms with Gasteiger partial charge in [-0.1, -0.05) is 19.1 Å². The summed E-state index contributed by atoms with van der Waals surface area (Å²) >= 11 is 0. The number of aliphatic hydroxyl groups is 1. The van der Waals surface area contributed by atoms with E-state index in [2.05, 4.69) is 26.7 Å². The summed E-state index contributed by atoms with van der Waals surface area (Å²) in [5.74, 6) is 0.753. The van der Waals surface area contributed by atoms with Crippen molar-refractivity contribution < 1.29 is 5.11 Å². The van der Waals surface area contributed by atoms with Gasteiger partial charge in [-0.05, 0) is 25.5 Å². The van der Waals surface area contributed by atoms with E-state index in [-0.39, 0.29) is 11.7 Å². The van der Waals surface area contributed by atoms with Crippen molar-refractivity contribution in [2.45, 2.75) is 38.8 Å². The molecule has 2 heterocycles. The number of aromatic amines is 1. The SMILES string of the molecule is CC[C@@H]1CN(CCc2nc3ccccc3c(=O)[nH]2)CCN1C[C@H](C)O. The van der Waals surface area contributed by atoms with Crippen LogP contribution in [0.4, 0.5) is 0 Å². The first-order chi connectivity index (χ1) is 12.1. The summed E-state index contributed by atoms with van der Waals surface area (Å²) in [7, 11) is 0. The first-order valence-electron chi connectivity index (χ1n) is 9.19. The lowest BCUT2D eigenvalue weighted by Crippen LogP contribution is -2.54. The highest BCUT2D eigenvalue weighted by atomic mass is 16.3. The van der Waals surface area contributed by atoms with E-state index in [1.54, 1.807) is 6.07 Å². The summed E-state index contributed by atoms with van der Waals surface area (Å²) in [4.78, 5) is 24.5. The van der Waals surface area contributed by atoms with Gasteiger partial charge < -0.3 is 15.0 Å². The summed E-state index contributed by atoms with van der Waals surface area (Å²) < 4.78 is 0. The smallest absolute Gasteiger partial charge is 0.258 e. The molecule has 1 aliphatic heterocycles. The topological polar surface area (TPSA) is 72.5 Å². The molecule has 1 fully saturated rings. The Balaban J connectivity index is 1.61. The van der Waals surface area contributed by atoms with Crippen molar-refractivity contribution in [3.05, 3.63) is 40.4 Å². The van der Waals surface area contributed by atoms with E-state index in [9.17, 15) is 9.90 Å². The molecule has 6 heteroatoms. The molecule has 1 aromatic heterocycles. The third-order valence-electron chi connectivity index (χ3n) is 4.99. The number of β-amino-alcohol motifs (C(OH)–C–C–N with tert-alkyl or cyclic N) is 1. The van der Waals surface area contributed by atoms with Gasteiger partial charge in [0.05, 0.1) is 17.0 Å². The van der Waals surface area contributed by atoms with Crippen molar-refractivity contribution in [2.24, 2.45) is 0 Å². The zero-order valence-corrected chi connectivity index (χ0v) is 15.1. The molecule has 0 spiro atoms. The van der Waals surface area contributed by atoms with Gasteiger partial charge in [0.15, 0.2) is 0 Å². The summed E-state index contributed by atoms with van der Waals surface area (Å²) in [5.41, 5.74) is 0.697. The minimum Gasteiger partial charge on any atom is -0.392 e. The Morgan fingerprint density at radius 3 is 2.92 bits per heavy atom. The molecule has 0 saturated carbocycles. The fourth-order valence-corrected chi connectivity index (χ4v) is 3.64. The summed E-state index contributed by atoms with van der Waals surface area (Å²) in [5, 5.41) is 10.3. The van der Waals surface area contributed by atoms with E-state index in [0.717, 1.165) is 56.9 Å². The average Bonchev–Trinajstić information content (AvgIpc) is 2.60. The molecule has 0 aliphatic carbocycles. The zero-order valence-electron chi connectivity index (χ0n) is 15.1. The van der Waals surface area contributed by atoms with Crippen LogP contribution < -0.4 is 5.56 Å². The van der Waals surface area contributed by atoms with Crippen LogP contribution in [0.5, 0.6) is 0 Å². The quantitative estimate of drug-likeness (QED) is 0.825. The number of piperazine rings is 1. The number of fused-ring (bicyclic) bond motifs is 1. The Morgan fingerprint density at radius 2 is 2.16 bits per heavy atom. The Bertz CT molecular complexity index is 758. The second-order valence-corrected chi connectivity index (χ2v) is 6.99. The van der Waals surface area contributed by atoms with Crippen molar-refractivity contribution >= 4 is 10.9 Å². The predicted octanol–water partition coefficient (Wildman–Crippen LogP) is 1.24. The summed E-state index contributed by atoms with van der Waals surface area (Å²) in [6.45, 7) is 8.64. The number of para-hydroxylation sites is 1. The number of H-pyrrole nitrogens is 1. The molecular formula is C19H28N4O2. The molecule has 2 aromatic rings. The van der Waals surface area contributed by atoms with Gasteiger partial charge in [0.1, 0.15) is 5.82 Å². The third-order valence-corrected chi connectivity index (χ3v) is 4.99. The lowest BCUT2D eigenvalue weighted by atomic mass is 10.1. The standard InChI is InChI=1S/C19H28N4O2/c1-3-15-13-22(10-11-23(15)12-14(2)24)9-8-18-20-17-7-5-4-6-16(17)19(25)21-18/h4-7,14-15,24H,3,8-13H2,1-2H3,(H,20,21,25)/t14-,15+/m0/s1. The van der Waals surface area contributed by atoms with E-state index >= 15 is 0 Å². The van der Waals surface area contributed by atoms with Crippen molar-refractivity contribution in [1.82, 2.24) is 19.8 Å². The first-order valence-corrected chi connectivity index (χ1v) is 9.19. The molecule has 136 valence electrons. The number of benzene rings is 1. The van der Waals surface area contributed by atoms with E-state index in [4.69, 9.17) is 0 Å². The van der Waals surface area contributed by atoms with E-state index < -0.39 is 0 Å². The number of aliphatic hydroxyl groups excluding tert-OH is 1. The maximum atomic E-state index is 12.2. The molecular weight excluding hydrogens is 316 g/mol. The fraction of sp³-hybridized carbons (Fsp3) is 0.579. The van der Waals surface area contributed by atoms with E-state index in [1.807, 2.05) is 25.1 Å². The minimum absolute atomic E-state index is 0.0613. The Morgan fingerprint density at radius 1 is 1.36 bits per heavy atom. The van der Waals surface area contributed by atoms with E-state index in [1.165, 1.54) is 0 Å². The van der Waals surface area contributed by atoms with Crippen LogP contribution in [0, 0.1) is 0 Å². The molecule has 1 aliphatic rings. The average molecular weight is 344 g/mol. The molecule has 2 N–H and O–H groups in total. The predicted molar refractivity (Wildman–Crippen MR) is 99.8 cm³/mol. The first kappa shape index (κ1) is 18.0. The van der Waals surface area contributed by atoms with Gasteiger partial charge in [0.25, 0.3) is 5.56 Å². The summed E-state index contributed by atoms with van der Waals surface area (Å²) in [6, 6.07) is 7.93. The molecule has 0 radical (unpaired) electrons. The molecule has 0 bridgehead atoms. The van der Waals surface area contributed by atoms with Gasteiger partial charge >= 0.3 is 0 Å². The molecule has 6 nitrogen and oxygen atoms in total. The van der Waals surface area contributed by atoms with Crippen LogP contribution in [0.25, 0.3) is 10.9 Å². The lowest BCUT2D eigenvalue weighted by molar-refractivity contribution is 0.0369. The number of hydrogen-bond donors (Lipinski definition) is 2. The monoisotopic (exact) mass is 344 g/mol. The van der Waals surface area contributed by atoms with Crippen LogP contribution in [0.1, 0.15) is 26.1 Å². The number of hydrogen-bond acceptors (Lipinski definition) is 5. The normalized spacial score (nSPS) is 20.8. The van der Waals surface area contributed by atoms with Crippen LogP contribution in [0.15, 0.2) is 29.1 Å². The van der Waals surface area contributed by atoms with Crippen LogP contribution in [-0.2, 0) is 6.42 Å². The molecule has 0 amide bonds. The van der Waals surface area contributed by atoms with Gasteiger partial charge in [-0.15, -0.1) is 0 Å². The van der Waals surface area contributed by atoms with Crippen molar-refractivity contribution in [3.8, 4) is 0 Å². The summed E-state index contributed by atoms with van der Waals surface area (Å²) in [6.07, 6.45) is 1.54. The van der Waals surface area contributed by atoms with Crippen molar-refractivity contribution in [2.75, 3.05) is 32.7 Å². The Kier molecular flexibility index (Phi) is 5.83. The molecule has 0 unspecified atom stereocenters. The highest BCUT2D eigenvalue weighted by Gasteiger charge is 2.26. The van der Waals surface area contributed by atoms with Gasteiger partial charge in [-0.3, -0.25) is 9.69 Å². The maximum Gasteiger partial charge on any atom is 0.258 e. The zero-order chi connectivity index (χ0) is 17.8. The molecule has 3 rings (SSSR count). The largest absolute Gasteiger partial charge is 0.392 e. The van der Waals surface area contributed by atoms with Crippen molar-refractivity contribution in [1.29, 1.82) is 0 Å². The van der Waals surface area contributed by atoms with Crippen molar-refractivity contribution in [3.63, 3.8) is 0 Å². The van der Waals surface area contributed by atoms with Gasteiger partial charge in [0, 0.05) is 45.2 Å². The molecule has 1 saturated heterocycles. The fourth-order valence-electron chi connectivity index (χ4n) is 3.64. The lowest BCUT2D eigenvalue weighted by Gasteiger charge is -2.41. The number of rotatable bonds is 6. The Hall–Kier alpha value is -1.76. The number of nitrogens with zero attached hydrogens (tertiary/aromatic N) is 3. The van der Waals surface area contributed by atoms with Gasteiger partial charge in [0.2, 0.25) is 0 Å².